The van der Waals surface area contributed by atoms with Gasteiger partial charge in [0.05, 0.1) is 6.61 Å². The van der Waals surface area contributed by atoms with Gasteiger partial charge in [-0.15, -0.1) is 0 Å². The van der Waals surface area contributed by atoms with Crippen LogP contribution in [0.3, 0.4) is 0 Å². The van der Waals surface area contributed by atoms with Crippen LogP contribution in [0, 0.1) is 6.92 Å². The molecule has 6 nitrogen and oxygen atoms in total. The molecule has 6 rings (SSSR count). The molecule has 0 bridgehead atoms. The number of rotatable bonds is 13. The quantitative estimate of drug-likeness (QED) is 0.122. The van der Waals surface area contributed by atoms with Crippen LogP contribution in [0.25, 0.3) is 11.1 Å². The summed E-state index contributed by atoms with van der Waals surface area (Å²) in [7, 11) is 0. The summed E-state index contributed by atoms with van der Waals surface area (Å²) in [4.78, 5) is 19.8. The monoisotopic (exact) mass is 702 g/mol. The summed E-state index contributed by atoms with van der Waals surface area (Å²) < 4.78 is 13.4. The third-order valence-electron chi connectivity index (χ3n) is 8.59. The van der Waals surface area contributed by atoms with Crippen LogP contribution in [-0.4, -0.2) is 42.2 Å². The Morgan fingerprint density at radius 2 is 1.52 bits per heavy atom. The van der Waals surface area contributed by atoms with Gasteiger partial charge < -0.3 is 19.9 Å². The predicted molar refractivity (Wildman–Crippen MR) is 194 cm³/mol. The van der Waals surface area contributed by atoms with Crippen LogP contribution in [0.5, 0.6) is 5.75 Å². The molecule has 0 saturated carbocycles. The van der Waals surface area contributed by atoms with Crippen molar-refractivity contribution in [1.82, 2.24) is 5.32 Å². The molecular weight excluding hydrogens is 664 g/mol. The van der Waals surface area contributed by atoms with E-state index in [1.165, 1.54) is 5.56 Å². The molecule has 0 spiro atoms. The number of benzene rings is 5. The number of nitrogens with one attached hydrogen (secondary N) is 1. The van der Waals surface area contributed by atoms with Crippen LogP contribution >= 0.6 is 15.9 Å². The Hall–Kier alpha value is -4.72. The first-order chi connectivity index (χ1) is 23.4. The van der Waals surface area contributed by atoms with E-state index in [2.05, 4.69) is 76.7 Å². The molecule has 0 radical (unpaired) electrons. The predicted octanol–water partition coefficient (Wildman–Crippen LogP) is 8.04. The fraction of sp³-hybridized carbons (Fsp3) is 0.220. The van der Waals surface area contributed by atoms with Gasteiger partial charge in [-0.2, -0.15) is 0 Å². The third kappa shape index (κ3) is 7.70. The average molecular weight is 704 g/mol. The zero-order valence-corrected chi connectivity index (χ0v) is 28.5. The summed E-state index contributed by atoms with van der Waals surface area (Å²) in [6, 6.07) is 42.3. The Morgan fingerprint density at radius 1 is 0.854 bits per heavy atom. The smallest absolute Gasteiger partial charge is 0.252 e. The minimum Gasteiger partial charge on any atom is -0.494 e. The zero-order valence-electron chi connectivity index (χ0n) is 26.9. The highest BCUT2D eigenvalue weighted by Gasteiger charge is 2.53. The van der Waals surface area contributed by atoms with Crippen molar-refractivity contribution in [3.8, 4) is 16.9 Å². The van der Waals surface area contributed by atoms with Crippen molar-refractivity contribution in [2.24, 2.45) is 4.99 Å². The van der Waals surface area contributed by atoms with Crippen molar-refractivity contribution in [3.63, 3.8) is 0 Å². The highest BCUT2D eigenvalue weighted by Crippen LogP contribution is 2.43. The number of nitrogens with zero attached hydrogens (tertiary/aromatic N) is 1. The summed E-state index contributed by atoms with van der Waals surface area (Å²) in [6.07, 6.45) is 0.882. The van der Waals surface area contributed by atoms with Gasteiger partial charge in [0.1, 0.15) is 5.75 Å². The topological polar surface area (TPSA) is 80.2 Å². The summed E-state index contributed by atoms with van der Waals surface area (Å²) >= 11 is 3.72. The molecule has 0 aliphatic carbocycles. The van der Waals surface area contributed by atoms with Crippen LogP contribution in [-0.2, 0) is 22.4 Å². The molecule has 5 aromatic rings. The van der Waals surface area contributed by atoms with Crippen LogP contribution < -0.4 is 10.1 Å². The third-order valence-corrected chi connectivity index (χ3v) is 9.36. The Kier molecular flexibility index (Phi) is 10.7. The molecule has 7 heteroatoms. The first-order valence-corrected chi connectivity index (χ1v) is 17.1. The number of hydrogen-bond donors (Lipinski definition) is 2. The number of carbonyl (C=O) groups excluding carboxylic acids is 1. The second-order valence-electron chi connectivity index (χ2n) is 12.0. The van der Waals surface area contributed by atoms with E-state index in [1.807, 2.05) is 78.9 Å². The SMILES string of the molecule is Cc1ccc(CCNC(=O)[C@]2(Cc3ccccc3Br)N=C(c3ccc(OCCCO)cc3)O[C@@H]2c2ccc(-c3ccccc3)cc2)cc1. The molecule has 48 heavy (non-hydrogen) atoms. The molecule has 1 heterocycles. The number of aliphatic imine (C=N–C) groups is 1. The van der Waals surface area contributed by atoms with Gasteiger partial charge in [-0.3, -0.25) is 4.79 Å². The summed E-state index contributed by atoms with van der Waals surface area (Å²) in [6.45, 7) is 3.02. The molecule has 1 aliphatic rings. The minimum atomic E-state index is -1.29. The molecule has 0 fully saturated rings. The highest BCUT2D eigenvalue weighted by atomic mass is 79.9. The van der Waals surface area contributed by atoms with Crippen molar-refractivity contribution >= 4 is 27.7 Å². The lowest BCUT2D eigenvalue weighted by atomic mass is 9.81. The van der Waals surface area contributed by atoms with Crippen molar-refractivity contribution in [2.45, 2.75) is 37.8 Å². The van der Waals surface area contributed by atoms with Crippen LogP contribution in [0.2, 0.25) is 0 Å². The lowest BCUT2D eigenvalue weighted by Gasteiger charge is -2.31. The number of ether oxygens (including phenoxy) is 2. The zero-order chi connectivity index (χ0) is 33.3. The normalized spacial score (nSPS) is 17.0. The second kappa shape index (κ2) is 15.5. The van der Waals surface area contributed by atoms with Gasteiger partial charge in [0.15, 0.2) is 11.6 Å². The van der Waals surface area contributed by atoms with E-state index in [9.17, 15) is 4.79 Å². The van der Waals surface area contributed by atoms with Gasteiger partial charge in [0, 0.05) is 36.0 Å². The van der Waals surface area contributed by atoms with Crippen LogP contribution in [0.1, 0.15) is 40.3 Å². The Balaban J connectivity index is 1.38. The minimum absolute atomic E-state index is 0.0726. The van der Waals surface area contributed by atoms with E-state index in [0.717, 1.165) is 37.9 Å². The van der Waals surface area contributed by atoms with E-state index >= 15 is 0 Å². The van der Waals surface area contributed by atoms with Gasteiger partial charge >= 0.3 is 0 Å². The van der Waals surface area contributed by atoms with E-state index in [-0.39, 0.29) is 12.5 Å². The molecule has 0 unspecified atom stereocenters. The van der Waals surface area contributed by atoms with E-state index in [0.29, 0.717) is 44.1 Å². The van der Waals surface area contributed by atoms with Gasteiger partial charge in [-0.1, -0.05) is 119 Å². The van der Waals surface area contributed by atoms with Gasteiger partial charge in [-0.05, 0) is 71.5 Å². The van der Waals surface area contributed by atoms with E-state index in [1.54, 1.807) is 0 Å². The van der Waals surface area contributed by atoms with Crippen molar-refractivity contribution < 1.29 is 19.4 Å². The summed E-state index contributed by atoms with van der Waals surface area (Å²) in [5.41, 5.74) is 5.82. The summed E-state index contributed by atoms with van der Waals surface area (Å²) in [5.74, 6) is 0.892. The second-order valence-corrected chi connectivity index (χ2v) is 12.9. The van der Waals surface area contributed by atoms with E-state index in [4.69, 9.17) is 19.6 Å². The number of halogens is 1. The fourth-order valence-corrected chi connectivity index (χ4v) is 6.35. The molecule has 1 amide bonds. The van der Waals surface area contributed by atoms with Gasteiger partial charge in [0.2, 0.25) is 5.90 Å². The maximum atomic E-state index is 14.6. The van der Waals surface area contributed by atoms with Crippen LogP contribution in [0.15, 0.2) is 137 Å². The lowest BCUT2D eigenvalue weighted by Crippen LogP contribution is -2.50. The molecule has 2 atom stereocenters. The first-order valence-electron chi connectivity index (χ1n) is 16.3. The molecule has 244 valence electrons. The highest BCUT2D eigenvalue weighted by molar-refractivity contribution is 9.10. The molecule has 5 aromatic carbocycles. The molecule has 0 saturated heterocycles. The maximum Gasteiger partial charge on any atom is 0.252 e. The standard InChI is InChI=1S/C41H39BrN2O4/c1-29-12-14-30(15-13-29)24-25-43-40(46)41(28-35-10-5-6-11-37(35)42)38(33-18-16-32(17-19-33)31-8-3-2-4-9-31)48-39(44-41)34-20-22-36(23-21-34)47-27-7-26-45/h2-6,8-23,38,45H,7,24-28H2,1H3,(H,43,46)/t38-,41-/m1/s1. The van der Waals surface area contributed by atoms with Crippen LogP contribution in [0.4, 0.5) is 0 Å². The first kappa shape index (κ1) is 33.2. The molecule has 0 aromatic heterocycles. The number of aryl methyl sites for hydroxylation is 1. The van der Waals surface area contributed by atoms with Crippen molar-refractivity contribution in [2.75, 3.05) is 19.8 Å². The van der Waals surface area contributed by atoms with Gasteiger partial charge in [-0.25, -0.2) is 4.99 Å². The number of amides is 1. The largest absolute Gasteiger partial charge is 0.494 e. The van der Waals surface area contributed by atoms with Crippen molar-refractivity contribution in [3.05, 3.63) is 160 Å². The van der Waals surface area contributed by atoms with Crippen molar-refractivity contribution in [1.29, 1.82) is 0 Å². The number of aliphatic hydroxyl groups excluding tert-OH is 1. The number of hydrogen-bond acceptors (Lipinski definition) is 5. The molecular formula is C41H39BrN2O4. The molecule has 1 aliphatic heterocycles. The van der Waals surface area contributed by atoms with E-state index < -0.39 is 11.6 Å². The maximum absolute atomic E-state index is 14.6. The number of carbonyl (C=O) groups is 1. The van der Waals surface area contributed by atoms with Gasteiger partial charge in [0.25, 0.3) is 5.91 Å². The fourth-order valence-electron chi connectivity index (χ4n) is 5.92. The summed E-state index contributed by atoms with van der Waals surface area (Å²) in [5, 5.41) is 12.3. The Bertz CT molecular complexity index is 1840. The lowest BCUT2D eigenvalue weighted by molar-refractivity contribution is -0.128. The Labute approximate surface area is 290 Å². The number of aliphatic hydroxyl groups is 1. The average Bonchev–Trinajstić information content (AvgIpc) is 3.51. The molecule has 2 N–H and O–H groups in total. The Morgan fingerprint density at radius 3 is 2.23 bits per heavy atom.